The Labute approximate surface area is 261 Å². The van der Waals surface area contributed by atoms with Crippen molar-refractivity contribution >= 4 is 22.5 Å². The summed E-state index contributed by atoms with van der Waals surface area (Å²) in [7, 11) is 4.04. The standard InChI is InChI=1S/C32H23F6N3O6/c1-15-9-17(44-2)5-7-24(15)41-27(32(36,37)38)8-6-18(31(41)43)30(42)40-16-10-20(33)29(21(34)11-16)47-28-19-12-25(45-3)26(46-4)13-23(19)39-14-22(28)35/h5-14H,1-4H3,(H,40,42). The van der Waals surface area contributed by atoms with Crippen molar-refractivity contribution in [1.29, 1.82) is 0 Å². The number of hydrogen-bond acceptors (Lipinski definition) is 7. The number of hydrogen-bond donors (Lipinski definition) is 1. The summed E-state index contributed by atoms with van der Waals surface area (Å²) in [6, 6.07) is 9.09. The average molecular weight is 660 g/mol. The van der Waals surface area contributed by atoms with Gasteiger partial charge in [-0.25, -0.2) is 13.2 Å². The van der Waals surface area contributed by atoms with Gasteiger partial charge in [-0.05, 0) is 48.9 Å². The second-order valence-electron chi connectivity index (χ2n) is 9.91. The summed E-state index contributed by atoms with van der Waals surface area (Å²) in [6.45, 7) is 1.44. The maximum Gasteiger partial charge on any atom is 0.431 e. The maximum absolute atomic E-state index is 15.2. The van der Waals surface area contributed by atoms with Crippen LogP contribution in [0, 0.1) is 24.4 Å². The molecule has 5 rings (SSSR count). The zero-order chi connectivity index (χ0) is 34.2. The van der Waals surface area contributed by atoms with Crippen LogP contribution in [0.15, 0.2) is 65.6 Å². The zero-order valence-electron chi connectivity index (χ0n) is 24.9. The number of alkyl halides is 3. The molecule has 0 saturated heterocycles. The first kappa shape index (κ1) is 32.7. The molecule has 0 unspecified atom stereocenters. The number of halogens is 6. The summed E-state index contributed by atoms with van der Waals surface area (Å²) in [5.41, 5.74) is -3.79. The van der Waals surface area contributed by atoms with E-state index in [1.165, 1.54) is 58.6 Å². The Morgan fingerprint density at radius 1 is 0.830 bits per heavy atom. The third-order valence-corrected chi connectivity index (χ3v) is 7.00. The SMILES string of the molecule is COc1ccc(-n2c(C(F)(F)F)ccc(C(=O)Nc3cc(F)c(Oc4c(F)cnc5cc(OC)c(OC)cc45)c(F)c3)c2=O)c(C)c1. The van der Waals surface area contributed by atoms with Gasteiger partial charge in [-0.15, -0.1) is 0 Å². The monoisotopic (exact) mass is 659 g/mol. The van der Waals surface area contributed by atoms with Crippen molar-refractivity contribution in [2.45, 2.75) is 13.1 Å². The molecule has 0 spiro atoms. The van der Waals surface area contributed by atoms with E-state index in [0.29, 0.717) is 34.6 Å². The number of carbonyl (C=O) groups is 1. The Morgan fingerprint density at radius 3 is 2.09 bits per heavy atom. The number of aromatic nitrogens is 2. The Hall–Kier alpha value is -5.73. The largest absolute Gasteiger partial charge is 0.497 e. The molecule has 244 valence electrons. The van der Waals surface area contributed by atoms with Gasteiger partial charge in [0.2, 0.25) is 0 Å². The number of nitrogens with zero attached hydrogens (tertiary/aromatic N) is 2. The number of ether oxygens (including phenoxy) is 4. The molecule has 1 N–H and O–H groups in total. The van der Waals surface area contributed by atoms with E-state index < -0.39 is 63.5 Å². The second-order valence-corrected chi connectivity index (χ2v) is 9.91. The van der Waals surface area contributed by atoms with Gasteiger partial charge in [0.25, 0.3) is 11.5 Å². The summed E-state index contributed by atoms with van der Waals surface area (Å²) < 4.78 is 108. The smallest absolute Gasteiger partial charge is 0.431 e. The quantitative estimate of drug-likeness (QED) is 0.176. The highest BCUT2D eigenvalue weighted by Gasteiger charge is 2.36. The first-order chi connectivity index (χ1) is 22.3. The normalized spacial score (nSPS) is 11.4. The van der Waals surface area contributed by atoms with E-state index in [2.05, 4.69) is 10.3 Å². The minimum atomic E-state index is -4.99. The molecule has 0 atom stereocenters. The van der Waals surface area contributed by atoms with E-state index in [0.717, 1.165) is 6.20 Å². The average Bonchev–Trinajstić information content (AvgIpc) is 3.02. The Balaban J connectivity index is 1.50. The fraction of sp³-hybridized carbons (Fsp3) is 0.156. The number of carbonyl (C=O) groups excluding carboxylic acids is 1. The summed E-state index contributed by atoms with van der Waals surface area (Å²) in [5.74, 6) is -6.01. The molecule has 0 radical (unpaired) electrons. The molecule has 0 aliphatic rings. The van der Waals surface area contributed by atoms with Gasteiger partial charge >= 0.3 is 6.18 Å². The third kappa shape index (κ3) is 6.23. The van der Waals surface area contributed by atoms with Crippen molar-refractivity contribution in [2.75, 3.05) is 26.6 Å². The van der Waals surface area contributed by atoms with Crippen LogP contribution in [-0.4, -0.2) is 36.8 Å². The Kier molecular flexibility index (Phi) is 8.74. The van der Waals surface area contributed by atoms with Gasteiger partial charge < -0.3 is 24.3 Å². The third-order valence-electron chi connectivity index (χ3n) is 7.00. The van der Waals surface area contributed by atoms with Crippen LogP contribution in [0.2, 0.25) is 0 Å². The molecule has 47 heavy (non-hydrogen) atoms. The lowest BCUT2D eigenvalue weighted by Gasteiger charge is -2.19. The number of amides is 1. The molecule has 0 fully saturated rings. The summed E-state index contributed by atoms with van der Waals surface area (Å²) >= 11 is 0. The molecule has 15 heteroatoms. The van der Waals surface area contributed by atoms with Gasteiger partial charge in [-0.3, -0.25) is 19.1 Å². The number of fused-ring (bicyclic) bond motifs is 1. The van der Waals surface area contributed by atoms with Crippen molar-refractivity contribution in [1.82, 2.24) is 9.55 Å². The number of rotatable bonds is 8. The van der Waals surface area contributed by atoms with E-state index in [9.17, 15) is 27.2 Å². The minimum Gasteiger partial charge on any atom is -0.497 e. The number of pyridine rings is 2. The van der Waals surface area contributed by atoms with Gasteiger partial charge in [0.1, 0.15) is 17.0 Å². The van der Waals surface area contributed by atoms with Crippen LogP contribution in [0.3, 0.4) is 0 Å². The fourth-order valence-electron chi connectivity index (χ4n) is 4.78. The summed E-state index contributed by atoms with van der Waals surface area (Å²) in [5, 5.41) is 2.10. The molecule has 0 bridgehead atoms. The van der Waals surface area contributed by atoms with E-state index in [-0.39, 0.29) is 33.7 Å². The van der Waals surface area contributed by atoms with Crippen LogP contribution >= 0.6 is 0 Å². The first-order valence-electron chi connectivity index (χ1n) is 13.4. The predicted octanol–water partition coefficient (Wildman–Crippen LogP) is 7.20. The number of aryl methyl sites for hydroxylation is 1. The Bertz CT molecular complexity index is 2070. The predicted molar refractivity (Wildman–Crippen MR) is 158 cm³/mol. The van der Waals surface area contributed by atoms with Gasteiger partial charge in [0.05, 0.1) is 38.7 Å². The van der Waals surface area contributed by atoms with Crippen LogP contribution in [0.1, 0.15) is 21.6 Å². The molecular formula is C32H23F6N3O6. The van der Waals surface area contributed by atoms with Crippen LogP contribution in [-0.2, 0) is 6.18 Å². The van der Waals surface area contributed by atoms with E-state index in [1.54, 1.807) is 0 Å². The van der Waals surface area contributed by atoms with Crippen molar-refractivity contribution in [3.8, 4) is 34.4 Å². The van der Waals surface area contributed by atoms with Gasteiger partial charge in [0, 0.05) is 29.3 Å². The van der Waals surface area contributed by atoms with E-state index in [4.69, 9.17) is 18.9 Å². The van der Waals surface area contributed by atoms with Crippen molar-refractivity contribution in [2.24, 2.45) is 0 Å². The summed E-state index contributed by atoms with van der Waals surface area (Å²) in [4.78, 5) is 30.4. The number of methoxy groups -OCH3 is 3. The molecular weight excluding hydrogens is 636 g/mol. The number of anilines is 1. The lowest BCUT2D eigenvalue weighted by Crippen LogP contribution is -2.33. The Morgan fingerprint density at radius 2 is 1.49 bits per heavy atom. The number of benzene rings is 3. The highest BCUT2D eigenvalue weighted by Crippen LogP contribution is 2.40. The van der Waals surface area contributed by atoms with Crippen molar-refractivity contribution in [3.63, 3.8) is 0 Å². The van der Waals surface area contributed by atoms with E-state index >= 15 is 8.78 Å². The molecule has 9 nitrogen and oxygen atoms in total. The molecule has 5 aromatic rings. The molecule has 0 saturated carbocycles. The van der Waals surface area contributed by atoms with Crippen molar-refractivity contribution < 1.29 is 50.1 Å². The lowest BCUT2D eigenvalue weighted by atomic mass is 10.1. The van der Waals surface area contributed by atoms with Gasteiger partial charge in [0.15, 0.2) is 40.4 Å². The molecule has 2 aromatic heterocycles. The van der Waals surface area contributed by atoms with Crippen LogP contribution in [0.25, 0.3) is 16.6 Å². The van der Waals surface area contributed by atoms with Crippen molar-refractivity contribution in [3.05, 3.63) is 105 Å². The topological polar surface area (TPSA) is 101 Å². The second kappa shape index (κ2) is 12.6. The fourth-order valence-corrected chi connectivity index (χ4v) is 4.78. The number of nitrogens with one attached hydrogen (secondary N) is 1. The maximum atomic E-state index is 15.2. The van der Waals surface area contributed by atoms with Gasteiger partial charge in [-0.2, -0.15) is 13.2 Å². The van der Waals surface area contributed by atoms with Gasteiger partial charge in [-0.1, -0.05) is 0 Å². The van der Waals surface area contributed by atoms with Crippen LogP contribution in [0.4, 0.5) is 32.0 Å². The summed E-state index contributed by atoms with van der Waals surface area (Å²) in [6.07, 6.45) is -4.21. The van der Waals surface area contributed by atoms with Crippen LogP contribution < -0.4 is 29.8 Å². The lowest BCUT2D eigenvalue weighted by molar-refractivity contribution is -0.142. The molecule has 0 aliphatic heterocycles. The molecule has 3 aromatic carbocycles. The highest BCUT2D eigenvalue weighted by molar-refractivity contribution is 6.04. The molecule has 0 aliphatic carbocycles. The highest BCUT2D eigenvalue weighted by atomic mass is 19.4. The minimum absolute atomic E-state index is 0.00971. The van der Waals surface area contributed by atoms with E-state index in [1.807, 2.05) is 0 Å². The molecule has 1 amide bonds. The zero-order valence-corrected chi connectivity index (χ0v) is 24.9. The first-order valence-corrected chi connectivity index (χ1v) is 13.4. The molecule has 2 heterocycles. The van der Waals surface area contributed by atoms with Crippen LogP contribution in [0.5, 0.6) is 28.7 Å².